The number of fused-ring (bicyclic) bond motifs is 1. The molecule has 1 fully saturated rings. The molecule has 4 aromatic rings. The van der Waals surface area contributed by atoms with Gasteiger partial charge < -0.3 is 14.5 Å². The normalized spacial score (nSPS) is 15.1. The zero-order valence-electron chi connectivity index (χ0n) is 20.3. The average Bonchev–Trinajstić information content (AvgIpc) is 3.32. The summed E-state index contributed by atoms with van der Waals surface area (Å²) in [4.78, 5) is 17.9. The van der Waals surface area contributed by atoms with Crippen molar-refractivity contribution in [3.8, 4) is 5.75 Å². The van der Waals surface area contributed by atoms with E-state index in [0.717, 1.165) is 41.1 Å². The Morgan fingerprint density at radius 1 is 1.03 bits per heavy atom. The smallest absolute Gasteiger partial charge is 0.221 e. The van der Waals surface area contributed by atoms with Gasteiger partial charge >= 0.3 is 0 Å². The molecule has 2 aromatic heterocycles. The van der Waals surface area contributed by atoms with Crippen molar-refractivity contribution in [1.82, 2.24) is 14.7 Å². The Balaban J connectivity index is 1.44. The van der Waals surface area contributed by atoms with Gasteiger partial charge in [-0.1, -0.05) is 73.9 Å². The fourth-order valence-corrected chi connectivity index (χ4v) is 5.18. The van der Waals surface area contributed by atoms with Crippen LogP contribution in [0.5, 0.6) is 5.75 Å². The van der Waals surface area contributed by atoms with Crippen LogP contribution in [0.4, 0.5) is 0 Å². The minimum atomic E-state index is -0.0980. The van der Waals surface area contributed by atoms with Crippen LogP contribution in [-0.4, -0.2) is 21.3 Å². The van der Waals surface area contributed by atoms with Crippen LogP contribution < -0.4 is 10.1 Å². The van der Waals surface area contributed by atoms with E-state index in [9.17, 15) is 4.79 Å². The molecule has 1 amide bonds. The Morgan fingerprint density at radius 3 is 2.60 bits per heavy atom. The summed E-state index contributed by atoms with van der Waals surface area (Å²) in [6.07, 6.45) is 10.1. The highest BCUT2D eigenvalue weighted by molar-refractivity contribution is 5.78. The molecule has 0 saturated heterocycles. The number of amides is 1. The van der Waals surface area contributed by atoms with E-state index in [-0.39, 0.29) is 11.8 Å². The van der Waals surface area contributed by atoms with Crippen molar-refractivity contribution in [2.75, 3.05) is 0 Å². The first-order valence-corrected chi connectivity index (χ1v) is 12.7. The van der Waals surface area contributed by atoms with Crippen molar-refractivity contribution in [1.29, 1.82) is 0 Å². The van der Waals surface area contributed by atoms with Crippen LogP contribution in [-0.2, 0) is 11.4 Å². The summed E-state index contributed by atoms with van der Waals surface area (Å²) in [6.45, 7) is 2.59. The zero-order valence-corrected chi connectivity index (χ0v) is 20.3. The summed E-state index contributed by atoms with van der Waals surface area (Å²) in [6, 6.07) is 22.7. The molecule has 2 heterocycles. The molecule has 1 aliphatic carbocycles. The number of hydrogen-bond acceptors (Lipinski definition) is 3. The molecule has 0 aliphatic heterocycles. The topological polar surface area (TPSA) is 55.6 Å². The molecule has 5 rings (SSSR count). The van der Waals surface area contributed by atoms with Crippen molar-refractivity contribution in [3.05, 3.63) is 102 Å². The summed E-state index contributed by atoms with van der Waals surface area (Å²) in [5.41, 5.74) is 5.21. The maximum absolute atomic E-state index is 13.2. The quantitative estimate of drug-likeness (QED) is 0.336. The lowest BCUT2D eigenvalue weighted by Crippen LogP contribution is -2.37. The SMILES string of the molecule is Cc1ccccc1C(CC(=O)NC1CCCCC1)c1cnc2c(OCc3ccccc3)cccn12. The van der Waals surface area contributed by atoms with Gasteiger partial charge in [0.15, 0.2) is 11.4 Å². The Hall–Kier alpha value is -3.60. The number of rotatable bonds is 8. The molecule has 35 heavy (non-hydrogen) atoms. The lowest BCUT2D eigenvalue weighted by Gasteiger charge is -2.25. The molecule has 180 valence electrons. The van der Waals surface area contributed by atoms with Gasteiger partial charge in [0.25, 0.3) is 0 Å². The van der Waals surface area contributed by atoms with Crippen LogP contribution in [0.2, 0.25) is 0 Å². The second-order valence-corrected chi connectivity index (χ2v) is 9.54. The largest absolute Gasteiger partial charge is 0.485 e. The first-order chi connectivity index (χ1) is 17.2. The van der Waals surface area contributed by atoms with Crippen LogP contribution in [0.3, 0.4) is 0 Å². The van der Waals surface area contributed by atoms with E-state index in [1.165, 1.54) is 24.8 Å². The van der Waals surface area contributed by atoms with Crippen LogP contribution in [0.15, 0.2) is 79.1 Å². The van der Waals surface area contributed by atoms with Crippen LogP contribution >= 0.6 is 0 Å². The fourth-order valence-electron chi connectivity index (χ4n) is 5.18. The number of hydrogen-bond donors (Lipinski definition) is 1. The molecule has 5 nitrogen and oxygen atoms in total. The van der Waals surface area contributed by atoms with E-state index in [0.29, 0.717) is 19.1 Å². The summed E-state index contributed by atoms with van der Waals surface area (Å²) >= 11 is 0. The molecule has 1 atom stereocenters. The van der Waals surface area contributed by atoms with E-state index in [4.69, 9.17) is 9.72 Å². The highest BCUT2D eigenvalue weighted by atomic mass is 16.5. The molecule has 5 heteroatoms. The van der Waals surface area contributed by atoms with E-state index >= 15 is 0 Å². The molecule has 1 N–H and O–H groups in total. The van der Waals surface area contributed by atoms with E-state index in [2.05, 4.69) is 40.9 Å². The van der Waals surface area contributed by atoms with Crippen molar-refractivity contribution < 1.29 is 9.53 Å². The number of nitrogens with zero attached hydrogens (tertiary/aromatic N) is 2. The summed E-state index contributed by atoms with van der Waals surface area (Å²) in [7, 11) is 0. The monoisotopic (exact) mass is 467 g/mol. The molecule has 1 unspecified atom stereocenters. The third-order valence-corrected chi connectivity index (χ3v) is 7.05. The van der Waals surface area contributed by atoms with Gasteiger partial charge in [0, 0.05) is 30.8 Å². The van der Waals surface area contributed by atoms with E-state index in [1.54, 1.807) is 0 Å². The molecule has 0 spiro atoms. The lowest BCUT2D eigenvalue weighted by molar-refractivity contribution is -0.122. The molecular weight excluding hydrogens is 434 g/mol. The minimum absolute atomic E-state index is 0.0980. The van der Waals surface area contributed by atoms with Gasteiger partial charge in [0.05, 0.1) is 5.69 Å². The summed E-state index contributed by atoms with van der Waals surface area (Å²) < 4.78 is 8.22. The van der Waals surface area contributed by atoms with Gasteiger partial charge in [-0.15, -0.1) is 0 Å². The molecule has 1 saturated carbocycles. The second-order valence-electron chi connectivity index (χ2n) is 9.54. The molecule has 2 aromatic carbocycles. The van der Waals surface area contributed by atoms with Gasteiger partial charge in [-0.2, -0.15) is 0 Å². The van der Waals surface area contributed by atoms with Gasteiger partial charge in [-0.05, 0) is 48.6 Å². The fraction of sp³-hybridized carbons (Fsp3) is 0.333. The summed E-state index contributed by atoms with van der Waals surface area (Å²) in [5, 5.41) is 3.31. The molecule has 1 aliphatic rings. The number of imidazole rings is 1. The van der Waals surface area contributed by atoms with Gasteiger partial charge in [0.2, 0.25) is 5.91 Å². The highest BCUT2D eigenvalue weighted by Gasteiger charge is 2.25. The number of ether oxygens (including phenoxy) is 1. The van der Waals surface area contributed by atoms with Crippen LogP contribution in [0, 0.1) is 6.92 Å². The van der Waals surface area contributed by atoms with Gasteiger partial charge in [0.1, 0.15) is 6.61 Å². The van der Waals surface area contributed by atoms with Gasteiger partial charge in [-0.25, -0.2) is 4.98 Å². The first-order valence-electron chi connectivity index (χ1n) is 12.7. The third-order valence-electron chi connectivity index (χ3n) is 7.05. The standard InChI is InChI=1S/C30H33N3O2/c1-22-11-8-9-16-25(22)26(19-29(34)32-24-14-6-3-7-15-24)27-20-31-30-28(17-10-18-33(27)30)35-21-23-12-4-2-5-13-23/h2,4-5,8-13,16-18,20,24,26H,3,6-7,14-15,19,21H2,1H3,(H,32,34). The van der Waals surface area contributed by atoms with Crippen molar-refractivity contribution in [2.24, 2.45) is 0 Å². The van der Waals surface area contributed by atoms with E-state index in [1.807, 2.05) is 54.9 Å². The van der Waals surface area contributed by atoms with Crippen LogP contribution in [0.1, 0.15) is 66.8 Å². The maximum Gasteiger partial charge on any atom is 0.221 e. The summed E-state index contributed by atoms with van der Waals surface area (Å²) in [5.74, 6) is 0.744. The number of carbonyl (C=O) groups is 1. The lowest BCUT2D eigenvalue weighted by atomic mass is 9.88. The average molecular weight is 468 g/mol. The highest BCUT2D eigenvalue weighted by Crippen LogP contribution is 2.33. The Bertz CT molecular complexity index is 1280. The minimum Gasteiger partial charge on any atom is -0.485 e. The second kappa shape index (κ2) is 10.8. The Morgan fingerprint density at radius 2 is 1.80 bits per heavy atom. The van der Waals surface area contributed by atoms with Crippen molar-refractivity contribution in [2.45, 2.75) is 64.0 Å². The zero-order chi connectivity index (χ0) is 24.0. The number of pyridine rings is 1. The van der Waals surface area contributed by atoms with Crippen molar-refractivity contribution in [3.63, 3.8) is 0 Å². The first kappa shape index (κ1) is 23.2. The number of carbonyl (C=O) groups excluding carboxylic acids is 1. The molecule has 0 bridgehead atoms. The maximum atomic E-state index is 13.2. The van der Waals surface area contributed by atoms with Crippen LogP contribution in [0.25, 0.3) is 5.65 Å². The predicted octanol–water partition coefficient (Wildman–Crippen LogP) is 6.19. The molecular formula is C30H33N3O2. The Kier molecular flexibility index (Phi) is 7.12. The third kappa shape index (κ3) is 5.40. The van der Waals surface area contributed by atoms with Crippen molar-refractivity contribution >= 4 is 11.6 Å². The van der Waals surface area contributed by atoms with Gasteiger partial charge in [-0.3, -0.25) is 4.79 Å². The number of benzene rings is 2. The number of nitrogens with one attached hydrogen (secondary N) is 1. The number of aromatic nitrogens is 2. The predicted molar refractivity (Wildman–Crippen MR) is 139 cm³/mol. The Labute approximate surface area is 207 Å². The van der Waals surface area contributed by atoms with E-state index < -0.39 is 0 Å². The number of aryl methyl sites for hydroxylation is 1. The molecule has 0 radical (unpaired) electrons.